The zero-order valence-electron chi connectivity index (χ0n) is 45.7. The number of ether oxygens (including phenoxy) is 11. The largest absolute Gasteiger partial charge is 0.463 e. The first kappa shape index (κ1) is 58.4. The molecule has 0 N–H and O–H groups in total. The molecular weight excluding hydrogens is 949 g/mol. The molecule has 2 unspecified atom stereocenters. The van der Waals surface area contributed by atoms with Crippen molar-refractivity contribution in [1.82, 2.24) is 0 Å². The molecule has 6 rings (SSSR count). The van der Waals surface area contributed by atoms with Crippen molar-refractivity contribution in [2.75, 3.05) is 13.2 Å². The Balaban J connectivity index is 1.25. The zero-order valence-corrected chi connectivity index (χ0v) is 45.7. The Bertz CT molecular complexity index is 1960. The van der Waals surface area contributed by atoms with Gasteiger partial charge in [0.05, 0.1) is 6.10 Å². The lowest BCUT2D eigenvalue weighted by atomic mass is 9.44. The van der Waals surface area contributed by atoms with E-state index in [0.29, 0.717) is 29.6 Å². The van der Waals surface area contributed by atoms with E-state index in [4.69, 9.17) is 52.1 Å². The van der Waals surface area contributed by atoms with Crippen molar-refractivity contribution >= 4 is 41.8 Å². The van der Waals surface area contributed by atoms with E-state index < -0.39 is 116 Å². The van der Waals surface area contributed by atoms with Crippen LogP contribution in [-0.2, 0) is 85.7 Å². The molecule has 18 heteroatoms. The van der Waals surface area contributed by atoms with Gasteiger partial charge in [0.2, 0.25) is 0 Å². The highest BCUT2D eigenvalue weighted by molar-refractivity contribution is 5.69. The summed E-state index contributed by atoms with van der Waals surface area (Å²) in [7, 11) is 0. The minimum absolute atomic E-state index is 0.115. The van der Waals surface area contributed by atoms with Crippen molar-refractivity contribution in [2.45, 2.75) is 235 Å². The average molecular weight is 1040 g/mol. The molecule has 0 aromatic rings. The Morgan fingerprint density at radius 2 is 1.00 bits per heavy atom. The number of esters is 7. The van der Waals surface area contributed by atoms with E-state index in [1.807, 2.05) is 0 Å². The van der Waals surface area contributed by atoms with Crippen LogP contribution in [0, 0.1) is 58.2 Å². The number of fused-ring (bicyclic) bond motifs is 5. The van der Waals surface area contributed by atoms with Crippen LogP contribution in [0.4, 0.5) is 0 Å². The van der Waals surface area contributed by atoms with Crippen molar-refractivity contribution in [3.8, 4) is 0 Å². The second-order valence-corrected chi connectivity index (χ2v) is 23.0. The van der Waals surface area contributed by atoms with E-state index in [9.17, 15) is 33.6 Å². The molecule has 2 heterocycles. The molecule has 4 aliphatic carbocycles. The minimum atomic E-state index is -1.77. The van der Waals surface area contributed by atoms with Crippen LogP contribution >= 0.6 is 0 Å². The smallest absolute Gasteiger partial charge is 0.303 e. The number of carbonyl (C=O) groups excluding carboxylic acids is 7. The first-order valence-electron chi connectivity index (χ1n) is 27.1. The van der Waals surface area contributed by atoms with E-state index in [1.54, 1.807) is 0 Å². The van der Waals surface area contributed by atoms with Gasteiger partial charge in [0.25, 0.3) is 0 Å². The molecule has 0 aromatic carbocycles. The van der Waals surface area contributed by atoms with E-state index in [1.165, 1.54) is 65.2 Å². The van der Waals surface area contributed by atoms with Gasteiger partial charge in [0.1, 0.15) is 31.5 Å². The Morgan fingerprint density at radius 3 is 1.52 bits per heavy atom. The molecule has 73 heavy (non-hydrogen) atoms. The summed E-state index contributed by atoms with van der Waals surface area (Å²) >= 11 is 0. The summed E-state index contributed by atoms with van der Waals surface area (Å²) in [6, 6.07) is 0. The second-order valence-electron chi connectivity index (χ2n) is 23.0. The van der Waals surface area contributed by atoms with Crippen LogP contribution in [-0.4, -0.2) is 123 Å². The summed E-state index contributed by atoms with van der Waals surface area (Å²) in [4.78, 5) is 88.3. The maximum Gasteiger partial charge on any atom is 0.303 e. The molecule has 20 atom stereocenters. The third kappa shape index (κ3) is 13.8. The summed E-state index contributed by atoms with van der Waals surface area (Å²) in [5.74, 6) is -0.172. The van der Waals surface area contributed by atoms with Gasteiger partial charge < -0.3 is 52.1 Å². The van der Waals surface area contributed by atoms with E-state index in [-0.39, 0.29) is 11.5 Å². The molecule has 0 radical (unpaired) electrons. The van der Waals surface area contributed by atoms with Gasteiger partial charge in [0, 0.05) is 48.5 Å². The van der Waals surface area contributed by atoms with Crippen LogP contribution in [0.25, 0.3) is 0 Å². The molecule has 2 saturated heterocycles. The Hall–Kier alpha value is -3.87. The molecule has 0 aromatic heterocycles. The second kappa shape index (κ2) is 24.9. The molecule has 0 spiro atoms. The van der Waals surface area contributed by atoms with Crippen molar-refractivity contribution in [3.63, 3.8) is 0 Å². The van der Waals surface area contributed by atoms with Crippen LogP contribution in [0.2, 0.25) is 0 Å². The first-order valence-corrected chi connectivity index (χ1v) is 27.1. The summed E-state index contributed by atoms with van der Waals surface area (Å²) in [5, 5.41) is 0. The summed E-state index contributed by atoms with van der Waals surface area (Å²) < 4.78 is 65.7. The molecule has 414 valence electrons. The van der Waals surface area contributed by atoms with E-state index in [2.05, 4.69) is 41.5 Å². The third-order valence-electron chi connectivity index (χ3n) is 18.1. The summed E-state index contributed by atoms with van der Waals surface area (Å²) in [6.07, 6.45) is -1.84. The van der Waals surface area contributed by atoms with Gasteiger partial charge >= 0.3 is 41.8 Å². The quantitative estimate of drug-likeness (QED) is 0.0685. The van der Waals surface area contributed by atoms with Crippen LogP contribution < -0.4 is 0 Å². The van der Waals surface area contributed by atoms with Crippen LogP contribution in [0.1, 0.15) is 167 Å². The van der Waals surface area contributed by atoms with Gasteiger partial charge in [-0.1, -0.05) is 54.4 Å². The van der Waals surface area contributed by atoms with Gasteiger partial charge in [-0.3, -0.25) is 33.6 Å². The van der Waals surface area contributed by atoms with Crippen molar-refractivity contribution in [2.24, 2.45) is 58.2 Å². The fourth-order valence-corrected chi connectivity index (χ4v) is 14.8. The Labute approximate surface area is 432 Å². The van der Waals surface area contributed by atoms with Crippen LogP contribution in [0.5, 0.6) is 0 Å². The Kier molecular flexibility index (Phi) is 19.9. The number of rotatable bonds is 19. The van der Waals surface area contributed by atoms with Crippen molar-refractivity contribution < 1.29 is 85.7 Å². The van der Waals surface area contributed by atoms with E-state index >= 15 is 0 Å². The van der Waals surface area contributed by atoms with Gasteiger partial charge in [-0.15, -0.1) is 0 Å². The van der Waals surface area contributed by atoms with Gasteiger partial charge in [-0.05, 0) is 122 Å². The summed E-state index contributed by atoms with van der Waals surface area (Å²) in [5.41, 5.74) is 0.478. The molecule has 6 fully saturated rings. The molecule has 4 saturated carbocycles. The summed E-state index contributed by atoms with van der Waals surface area (Å²) in [6.45, 7) is 21.6. The van der Waals surface area contributed by atoms with Gasteiger partial charge in [-0.25, -0.2) is 0 Å². The monoisotopic (exact) mass is 1030 g/mol. The molecule has 0 bridgehead atoms. The molecule has 0 amide bonds. The van der Waals surface area contributed by atoms with Crippen LogP contribution in [0.15, 0.2) is 0 Å². The standard InChI is InChI=1S/C55H86O18/c1-14-37(28(2)3)16-15-29(4)41-19-20-42-40-18-17-38-25-39(21-23-54(38,12)43(40)22-24-55(41,42)13)70-52-50(68-35(10)61)49(67-34(9)60)47(45(71-52)27-64-31(6)57)73-53-51(69-36(11)62)48(66-33(8)59)46(65-32(7)58)44(72-53)26-63-30(5)56/h28-29,37-53H,14-27H2,1-13H3/t29-,37?,38?,39+,40+,41-,42+,43+,44-,45-,46-,47-,48+,49+,50-,51-,52-,53+,54+,55-/m1/s1. The number of carbonyl (C=O) groups is 7. The molecule has 18 nitrogen and oxygen atoms in total. The maximum atomic E-state index is 13.1. The van der Waals surface area contributed by atoms with Gasteiger partial charge in [-0.2, -0.15) is 0 Å². The van der Waals surface area contributed by atoms with Crippen LogP contribution in [0.3, 0.4) is 0 Å². The minimum Gasteiger partial charge on any atom is -0.463 e. The SMILES string of the molecule is CCC(CC[C@@H](C)[C@H]1CC[C@H]2[C@@H]3CCC4C[C@@H](O[C@@H]5O[C@H](COC(C)=O)[C@@H](O[C@@H]6O[C@H](COC(C)=O)[C@@H](OC(C)=O)[C@H](OC(C)=O)[C@H]6OC(C)=O)[C@H](OC(C)=O)[C@H]5OC(C)=O)CC[C@]4(C)[C@H]3CC[C@]12C)C(C)C. The maximum absolute atomic E-state index is 13.1. The lowest BCUT2D eigenvalue weighted by molar-refractivity contribution is -0.365. The van der Waals surface area contributed by atoms with Gasteiger partial charge in [0.15, 0.2) is 43.1 Å². The average Bonchev–Trinajstić information content (AvgIpc) is 3.65. The molecular formula is C55H86O18. The fraction of sp³-hybridized carbons (Fsp3) is 0.873. The zero-order chi connectivity index (χ0) is 53.7. The molecule has 2 aliphatic heterocycles. The Morgan fingerprint density at radius 1 is 0.521 bits per heavy atom. The fourth-order valence-electron chi connectivity index (χ4n) is 14.8. The third-order valence-corrected chi connectivity index (χ3v) is 18.1. The lowest BCUT2D eigenvalue weighted by Crippen LogP contribution is -2.67. The highest BCUT2D eigenvalue weighted by atomic mass is 16.8. The number of hydrogen-bond donors (Lipinski definition) is 0. The normalized spacial score (nSPS) is 38.8. The first-order chi connectivity index (χ1) is 34.4. The number of hydrogen-bond acceptors (Lipinski definition) is 18. The predicted octanol–water partition coefficient (Wildman–Crippen LogP) is 7.75. The van der Waals surface area contributed by atoms with E-state index in [0.717, 1.165) is 83.5 Å². The molecule has 6 aliphatic rings. The van der Waals surface area contributed by atoms with Crippen molar-refractivity contribution in [3.05, 3.63) is 0 Å². The van der Waals surface area contributed by atoms with Crippen molar-refractivity contribution in [1.29, 1.82) is 0 Å². The highest BCUT2D eigenvalue weighted by Gasteiger charge is 2.62. The highest BCUT2D eigenvalue weighted by Crippen LogP contribution is 2.68. The lowest BCUT2D eigenvalue weighted by Gasteiger charge is -2.61. The topological polar surface area (TPSA) is 221 Å². The predicted molar refractivity (Wildman–Crippen MR) is 260 cm³/mol.